The van der Waals surface area contributed by atoms with E-state index in [-0.39, 0.29) is 0 Å². The van der Waals surface area contributed by atoms with Crippen molar-refractivity contribution in [3.63, 3.8) is 0 Å². The molecule has 24 bridgehead atoms. The van der Waals surface area contributed by atoms with Crippen LogP contribution < -0.4 is 0 Å². The second-order valence-corrected chi connectivity index (χ2v) is 56.0. The zero-order chi connectivity index (χ0) is 102. The highest BCUT2D eigenvalue weighted by Gasteiger charge is 2.63. The molecule has 822 valence electrons. The maximum absolute atomic E-state index is 5.97. The van der Waals surface area contributed by atoms with Crippen molar-refractivity contribution < 1.29 is 4.74 Å². The topological polar surface area (TPSA) is 9.23 Å². The molecule has 38 atom stereocenters. The van der Waals surface area contributed by atoms with Crippen LogP contribution in [-0.2, 0) is 17.8 Å². The Balaban J connectivity index is 0.000000106. The molecule has 24 aliphatic carbocycles. The molecule has 0 spiro atoms. The van der Waals surface area contributed by atoms with Gasteiger partial charge in [0.25, 0.3) is 0 Å². The average molecular weight is 2020 g/mol. The standard InChI is InChI=1S/C21H38.C19H22.C19H34.C18H20.C17H30.C15H26.C14H16O.C13H22.C12H16/c1-2-3-4-5-6-7-8-9-10-11-12-13-14-20-17-19-15-16-21(20)18-19;1-2-4-12(5-3-1)8-15-10-16-11-17(15)19-14-7-6-13(9-14)18(16)19;1-2-3-4-5-6-7-8-9-10-11-12-18-15-17-13-14-19(18)16-17;1-2-4-11(5-3-1)15-9-14-10-16(15)18-13-7-6-12(8-13)17(14)18;1-2-3-4-5-6-7-8-9-10-16-13-15-11-12-17(16)14-15;1-2-3-4-5-6-7-8-14-11-13-9-10-15(14)12-13;1-2-4-11(5-3-1)10-15-14-9-12-6-7-13(14)8-12;1-2-3-4-5-6-12-9-11-7-8-13(12)10-11;1-2-8-5-7(1)11-9-3-4-10(6-9)12(8)11/h15-16,19-21H,2-14,17-18H2,1H3;1-7,13-19H,8-11H2;13-14,17-19H,2-12,15-16H2,1H3;1-7,12-18H,8-10H2;11-12,15-17H,2-10,13-14H2,1H3;9-10,13-15H,2-8,11-12H2,1H3;1-7,12-14H,8-10H2;7-8,11-13H,2-6,9-10H2,1H3;1-2,7-12H,3-6H2. The number of benzene rings is 3. The molecule has 0 N–H and O–H groups in total. The lowest BCUT2D eigenvalue weighted by Gasteiger charge is -2.37. The number of rotatable bonds is 51. The molecule has 1 heteroatoms. The maximum Gasteiger partial charge on any atom is 0.0720 e. The first-order valence-electron chi connectivity index (χ1n) is 67.6. The summed E-state index contributed by atoms with van der Waals surface area (Å²) < 4.78 is 5.97. The van der Waals surface area contributed by atoms with E-state index in [0.29, 0.717) is 12.0 Å². The van der Waals surface area contributed by atoms with Crippen LogP contribution in [0.5, 0.6) is 0 Å². The van der Waals surface area contributed by atoms with E-state index in [1.165, 1.54) is 416 Å². The molecule has 0 aromatic heterocycles. The molecule has 24 aliphatic rings. The Bertz CT molecular complexity index is 4520. The molecule has 0 amide bonds. The third-order valence-electron chi connectivity index (χ3n) is 46.2. The van der Waals surface area contributed by atoms with Gasteiger partial charge in [-0.05, 0) is 410 Å². The van der Waals surface area contributed by atoms with Gasteiger partial charge in [0.15, 0.2) is 0 Å². The Hall–Kier alpha value is -4.72. The van der Waals surface area contributed by atoms with E-state index in [1.807, 2.05) is 6.07 Å². The fourth-order valence-corrected chi connectivity index (χ4v) is 38.9. The highest BCUT2D eigenvalue weighted by molar-refractivity contribution is 5.30. The van der Waals surface area contributed by atoms with Crippen molar-refractivity contribution >= 4 is 0 Å². The van der Waals surface area contributed by atoms with Crippen LogP contribution in [0.3, 0.4) is 0 Å². The monoisotopic (exact) mass is 2020 g/mol. The van der Waals surface area contributed by atoms with Gasteiger partial charge in [0, 0.05) is 5.92 Å². The van der Waals surface area contributed by atoms with Crippen LogP contribution in [0.25, 0.3) is 0 Å². The normalized spacial score (nSPS) is 38.2. The average Bonchev–Trinajstić information content (AvgIpc) is 1.53. The first kappa shape index (κ1) is 112. The third kappa shape index (κ3) is 30.9. The number of ether oxygens (including phenoxy) is 1. The van der Waals surface area contributed by atoms with Gasteiger partial charge in [-0.25, -0.2) is 0 Å². The molecule has 149 heavy (non-hydrogen) atoms. The Labute approximate surface area is 918 Å². The molecule has 3 aromatic carbocycles. The molecule has 3 aromatic rings. The Morgan fingerprint density at radius 2 is 0.463 bits per heavy atom. The molecule has 0 saturated heterocycles. The van der Waals surface area contributed by atoms with Gasteiger partial charge in [-0.2, -0.15) is 0 Å². The lowest BCUT2D eigenvalue weighted by Crippen LogP contribution is -2.31. The molecule has 15 fully saturated rings. The summed E-state index contributed by atoms with van der Waals surface area (Å²) in [4.78, 5) is 0. The van der Waals surface area contributed by atoms with Gasteiger partial charge in [0.1, 0.15) is 0 Å². The molecule has 38 unspecified atom stereocenters. The highest BCUT2D eigenvalue weighted by atomic mass is 16.5. The molecule has 1 nitrogen and oxygen atoms in total. The van der Waals surface area contributed by atoms with Crippen LogP contribution >= 0.6 is 0 Å². The van der Waals surface area contributed by atoms with Crippen LogP contribution in [0, 0.1) is 213 Å². The lowest BCUT2D eigenvalue weighted by molar-refractivity contribution is 0.0245. The van der Waals surface area contributed by atoms with E-state index < -0.39 is 0 Å². The zero-order valence-corrected chi connectivity index (χ0v) is 96.7. The smallest absolute Gasteiger partial charge is 0.0720 e. The molecule has 15 saturated carbocycles. The summed E-state index contributed by atoms with van der Waals surface area (Å²) >= 11 is 0. The minimum absolute atomic E-state index is 0.472. The van der Waals surface area contributed by atoms with Gasteiger partial charge in [0.2, 0.25) is 0 Å². The highest BCUT2D eigenvalue weighted by Crippen LogP contribution is 2.71. The van der Waals surface area contributed by atoms with Crippen LogP contribution in [0.1, 0.15) is 487 Å². The minimum Gasteiger partial charge on any atom is -0.373 e. The zero-order valence-electron chi connectivity index (χ0n) is 96.7. The maximum atomic E-state index is 5.97. The van der Waals surface area contributed by atoms with E-state index in [9.17, 15) is 0 Å². The minimum atomic E-state index is 0.472. The first-order chi connectivity index (χ1) is 73.7. The van der Waals surface area contributed by atoms with Crippen LogP contribution in [0.15, 0.2) is 200 Å². The summed E-state index contributed by atoms with van der Waals surface area (Å²) in [6, 6.07) is 33.0. The molecular formula is C148H224O. The van der Waals surface area contributed by atoms with Gasteiger partial charge >= 0.3 is 0 Å². The summed E-state index contributed by atoms with van der Waals surface area (Å²) in [5.74, 6) is 37.4. The van der Waals surface area contributed by atoms with Gasteiger partial charge in [0.05, 0.1) is 12.7 Å². The first-order valence-corrected chi connectivity index (χ1v) is 67.6. The van der Waals surface area contributed by atoms with Gasteiger partial charge in [-0.3, -0.25) is 0 Å². The van der Waals surface area contributed by atoms with Crippen molar-refractivity contribution in [2.45, 2.75) is 490 Å². The van der Waals surface area contributed by atoms with Gasteiger partial charge in [-0.15, -0.1) is 0 Å². The van der Waals surface area contributed by atoms with Gasteiger partial charge < -0.3 is 4.74 Å². The Kier molecular flexibility index (Phi) is 44.7. The van der Waals surface area contributed by atoms with Crippen LogP contribution in [-0.4, -0.2) is 6.10 Å². The van der Waals surface area contributed by atoms with E-state index in [4.69, 9.17) is 4.74 Å². The van der Waals surface area contributed by atoms with Gasteiger partial charge in [-0.1, -0.05) is 492 Å². The number of fused-ring (bicyclic) bond motifs is 39. The summed E-state index contributed by atoms with van der Waals surface area (Å²) in [5.41, 5.74) is 4.47. The van der Waals surface area contributed by atoms with Crippen molar-refractivity contribution in [3.8, 4) is 0 Å². The largest absolute Gasteiger partial charge is 0.373 e. The second kappa shape index (κ2) is 59.2. The second-order valence-electron chi connectivity index (χ2n) is 56.0. The number of hydrogen-bond donors (Lipinski definition) is 0. The SMILES string of the molecule is C1=CC2CC1C1C3CC(Cc4ccccc4)C(C3)C21.C1=CC2CC1C1C3CC(c4ccccc4)C(C3)C21.C1=CC2CC1C1C3CCC(C3)C21.C1=CC2CC1CC2OCc1ccccc1.CCCCCCC1CC2C=CC1C2.CCCCCCCCC1CC2C=CC1C2.CCCCCCCCCCC1CC2C=CC1C2.CCCCCCCCCCCCC1CC2C=CC1C2.CCCCCCCCCCCCCCC1CC2C=CC1C2. The van der Waals surface area contributed by atoms with Crippen LogP contribution in [0.2, 0.25) is 0 Å². The Morgan fingerprint density at radius 1 is 0.195 bits per heavy atom. The number of unbranched alkanes of at least 4 members (excludes halogenated alkanes) is 35. The van der Waals surface area contributed by atoms with E-state index in [2.05, 4.69) is 229 Å². The summed E-state index contributed by atoms with van der Waals surface area (Å²) in [6.45, 7) is 12.2. The number of allylic oxidation sites excluding steroid dienone is 17. The van der Waals surface area contributed by atoms with Crippen molar-refractivity contribution in [3.05, 3.63) is 217 Å². The lowest BCUT2D eigenvalue weighted by atomic mass is 9.68. The van der Waals surface area contributed by atoms with Crippen molar-refractivity contribution in [2.75, 3.05) is 0 Å². The molecule has 27 rings (SSSR count). The molecule has 0 aliphatic heterocycles. The summed E-state index contributed by atoms with van der Waals surface area (Å²) in [5, 5.41) is 0. The molecular weight excluding hydrogens is 1790 g/mol. The Morgan fingerprint density at radius 3 is 0.779 bits per heavy atom. The predicted octanol–water partition coefficient (Wildman–Crippen LogP) is 43.2. The van der Waals surface area contributed by atoms with E-state index in [0.717, 1.165) is 220 Å². The summed E-state index contributed by atoms with van der Waals surface area (Å²) in [7, 11) is 0. The molecule has 0 heterocycles. The third-order valence-corrected chi connectivity index (χ3v) is 46.2. The quantitative estimate of drug-likeness (QED) is 0.0311. The summed E-state index contributed by atoms with van der Waals surface area (Å²) in [6.07, 6.45) is 146. The van der Waals surface area contributed by atoms with E-state index >= 15 is 0 Å². The van der Waals surface area contributed by atoms with Crippen molar-refractivity contribution in [1.29, 1.82) is 0 Å². The van der Waals surface area contributed by atoms with Crippen molar-refractivity contribution in [1.82, 2.24) is 0 Å². The van der Waals surface area contributed by atoms with Crippen molar-refractivity contribution in [2.24, 2.45) is 213 Å². The fraction of sp³-hybridized carbons (Fsp3) is 0.757. The predicted molar refractivity (Wildman–Crippen MR) is 640 cm³/mol. The van der Waals surface area contributed by atoms with Crippen LogP contribution in [0.4, 0.5) is 0 Å². The molecule has 0 radical (unpaired) electrons. The number of hydrogen-bond acceptors (Lipinski definition) is 1. The van der Waals surface area contributed by atoms with E-state index in [1.54, 1.807) is 36.8 Å². The fourth-order valence-electron chi connectivity index (χ4n) is 38.9.